The highest BCUT2D eigenvalue weighted by Gasteiger charge is 2.26. The molecule has 1 amide bonds. The summed E-state index contributed by atoms with van der Waals surface area (Å²) in [5.41, 5.74) is 0.889. The Morgan fingerprint density at radius 1 is 1.30 bits per heavy atom. The van der Waals surface area contributed by atoms with Crippen LogP contribution in [0.25, 0.3) is 11.3 Å². The second-order valence-corrected chi connectivity index (χ2v) is 4.96. The molecule has 0 bridgehead atoms. The molecule has 1 aromatic carbocycles. The molecule has 0 aliphatic carbocycles. The van der Waals surface area contributed by atoms with Crippen molar-refractivity contribution in [3.05, 3.63) is 52.1 Å². The number of benzene rings is 1. The minimum absolute atomic E-state index is 0.0911. The van der Waals surface area contributed by atoms with Crippen LogP contribution in [0, 0.1) is 10.1 Å². The van der Waals surface area contributed by atoms with E-state index >= 15 is 0 Å². The first-order chi connectivity index (χ1) is 11.0. The Hall–Kier alpha value is -2.96. The van der Waals surface area contributed by atoms with E-state index in [1.807, 2.05) is 18.2 Å². The summed E-state index contributed by atoms with van der Waals surface area (Å²) >= 11 is 0. The van der Waals surface area contributed by atoms with Crippen LogP contribution in [0.5, 0.6) is 5.88 Å². The lowest BCUT2D eigenvalue weighted by molar-refractivity contribution is -0.386. The van der Waals surface area contributed by atoms with E-state index in [2.05, 4.69) is 4.98 Å². The molecular weight excluding hydrogens is 298 g/mol. The maximum atomic E-state index is 12.4. The van der Waals surface area contributed by atoms with Crippen molar-refractivity contribution in [2.75, 3.05) is 20.7 Å². The Kier molecular flexibility index (Phi) is 4.90. The molecule has 7 nitrogen and oxygen atoms in total. The predicted molar refractivity (Wildman–Crippen MR) is 85.5 cm³/mol. The number of ether oxygens (including phenoxy) is 1. The number of rotatable bonds is 5. The lowest BCUT2D eigenvalue weighted by atomic mass is 10.0. The van der Waals surface area contributed by atoms with E-state index in [-0.39, 0.29) is 29.6 Å². The Morgan fingerprint density at radius 2 is 1.96 bits per heavy atom. The number of carbonyl (C=O) groups excluding carboxylic acids is 1. The number of amides is 1. The maximum Gasteiger partial charge on any atom is 0.331 e. The molecule has 1 aromatic heterocycles. The van der Waals surface area contributed by atoms with E-state index in [0.717, 1.165) is 0 Å². The van der Waals surface area contributed by atoms with Gasteiger partial charge in [0.1, 0.15) is 0 Å². The minimum atomic E-state index is -0.598. The number of pyridine rings is 1. The minimum Gasteiger partial charge on any atom is -0.473 e. The van der Waals surface area contributed by atoms with Crippen LogP contribution in [0.4, 0.5) is 5.69 Å². The Balaban J connectivity index is 2.73. The van der Waals surface area contributed by atoms with E-state index < -0.39 is 4.92 Å². The van der Waals surface area contributed by atoms with Gasteiger partial charge in [0.05, 0.1) is 22.8 Å². The molecule has 0 aliphatic rings. The van der Waals surface area contributed by atoms with Crippen LogP contribution < -0.4 is 4.74 Å². The molecule has 2 rings (SSSR count). The number of nitrogens with zero attached hydrogens (tertiary/aromatic N) is 3. The van der Waals surface area contributed by atoms with Gasteiger partial charge in [0.2, 0.25) is 0 Å². The van der Waals surface area contributed by atoms with Crippen LogP contribution in [0.2, 0.25) is 0 Å². The quantitative estimate of drug-likeness (QED) is 0.625. The van der Waals surface area contributed by atoms with Crippen LogP contribution in [-0.2, 0) is 0 Å². The van der Waals surface area contributed by atoms with Crippen LogP contribution in [0.3, 0.4) is 0 Å². The third-order valence-electron chi connectivity index (χ3n) is 3.13. The zero-order valence-electron chi connectivity index (χ0n) is 13.1. The highest BCUT2D eigenvalue weighted by molar-refractivity contribution is 6.00. The van der Waals surface area contributed by atoms with Crippen molar-refractivity contribution in [2.45, 2.75) is 6.92 Å². The Bertz CT molecular complexity index is 730. The molecule has 2 aromatic rings. The van der Waals surface area contributed by atoms with Crippen molar-refractivity contribution in [1.82, 2.24) is 9.88 Å². The van der Waals surface area contributed by atoms with Crippen molar-refractivity contribution in [2.24, 2.45) is 0 Å². The van der Waals surface area contributed by atoms with Crippen LogP contribution in [0.15, 0.2) is 36.4 Å². The van der Waals surface area contributed by atoms with Gasteiger partial charge in [-0.1, -0.05) is 30.3 Å². The van der Waals surface area contributed by atoms with Gasteiger partial charge in [0, 0.05) is 25.7 Å². The summed E-state index contributed by atoms with van der Waals surface area (Å²) in [4.78, 5) is 28.7. The summed E-state index contributed by atoms with van der Waals surface area (Å²) in [5.74, 6) is -0.450. The molecule has 0 unspecified atom stereocenters. The summed E-state index contributed by atoms with van der Waals surface area (Å²) in [6, 6.07) is 10.3. The van der Waals surface area contributed by atoms with Gasteiger partial charge in [-0.25, -0.2) is 4.98 Å². The van der Waals surface area contributed by atoms with Gasteiger partial charge in [0.25, 0.3) is 11.8 Å². The van der Waals surface area contributed by atoms with Gasteiger partial charge in [-0.3, -0.25) is 14.9 Å². The van der Waals surface area contributed by atoms with E-state index in [1.54, 1.807) is 33.2 Å². The standard InChI is InChI=1S/C16H17N3O4/c1-4-23-15-13(19(21)22)10-12(16(20)18(2)3)14(17-15)11-8-6-5-7-9-11/h5-10H,4H2,1-3H3. The molecule has 0 radical (unpaired) electrons. The number of carbonyl (C=O) groups is 1. The van der Waals surface area contributed by atoms with E-state index in [4.69, 9.17) is 4.74 Å². The fraction of sp³-hybridized carbons (Fsp3) is 0.250. The molecule has 1 heterocycles. The summed E-state index contributed by atoms with van der Waals surface area (Å²) < 4.78 is 5.28. The van der Waals surface area contributed by atoms with Gasteiger partial charge in [-0.15, -0.1) is 0 Å². The van der Waals surface area contributed by atoms with Gasteiger partial charge in [0.15, 0.2) is 0 Å². The predicted octanol–water partition coefficient (Wildman–Crippen LogP) is 2.76. The first-order valence-corrected chi connectivity index (χ1v) is 7.05. The van der Waals surface area contributed by atoms with Crippen molar-refractivity contribution in [1.29, 1.82) is 0 Å². The lowest BCUT2D eigenvalue weighted by Crippen LogP contribution is -2.23. The maximum absolute atomic E-state index is 12.4. The van der Waals surface area contributed by atoms with Crippen molar-refractivity contribution in [3.63, 3.8) is 0 Å². The summed E-state index contributed by atoms with van der Waals surface area (Å²) in [6.45, 7) is 1.95. The second kappa shape index (κ2) is 6.87. The van der Waals surface area contributed by atoms with Gasteiger partial charge in [-0.05, 0) is 6.92 Å². The fourth-order valence-electron chi connectivity index (χ4n) is 2.08. The van der Waals surface area contributed by atoms with E-state index in [0.29, 0.717) is 11.3 Å². The second-order valence-electron chi connectivity index (χ2n) is 4.96. The van der Waals surface area contributed by atoms with Crippen LogP contribution in [0.1, 0.15) is 17.3 Å². The number of nitro groups is 1. The number of hydrogen-bond acceptors (Lipinski definition) is 5. The van der Waals surface area contributed by atoms with E-state index in [9.17, 15) is 14.9 Å². The molecule has 0 spiro atoms. The zero-order valence-corrected chi connectivity index (χ0v) is 13.1. The fourth-order valence-corrected chi connectivity index (χ4v) is 2.08. The topological polar surface area (TPSA) is 85.6 Å². The average molecular weight is 315 g/mol. The van der Waals surface area contributed by atoms with Crippen molar-refractivity contribution in [3.8, 4) is 17.1 Å². The molecule has 23 heavy (non-hydrogen) atoms. The Morgan fingerprint density at radius 3 is 2.48 bits per heavy atom. The van der Waals surface area contributed by atoms with Crippen LogP contribution >= 0.6 is 0 Å². The molecule has 7 heteroatoms. The van der Waals surface area contributed by atoms with Crippen molar-refractivity contribution >= 4 is 11.6 Å². The molecule has 120 valence electrons. The third kappa shape index (κ3) is 3.45. The molecule has 0 atom stereocenters. The molecule has 0 fully saturated rings. The lowest BCUT2D eigenvalue weighted by Gasteiger charge is -2.15. The highest BCUT2D eigenvalue weighted by atomic mass is 16.6. The van der Waals surface area contributed by atoms with Crippen LogP contribution in [-0.4, -0.2) is 41.4 Å². The van der Waals surface area contributed by atoms with Gasteiger partial charge in [-0.2, -0.15) is 0 Å². The highest BCUT2D eigenvalue weighted by Crippen LogP contribution is 2.32. The molecular formula is C16H17N3O4. The smallest absolute Gasteiger partial charge is 0.331 e. The van der Waals surface area contributed by atoms with E-state index in [1.165, 1.54) is 11.0 Å². The first kappa shape index (κ1) is 16.4. The molecule has 0 saturated heterocycles. The number of aromatic nitrogens is 1. The molecule has 0 aliphatic heterocycles. The third-order valence-corrected chi connectivity index (χ3v) is 3.13. The first-order valence-electron chi connectivity index (χ1n) is 7.05. The summed E-state index contributed by atoms with van der Waals surface area (Å²) in [7, 11) is 3.17. The SMILES string of the molecule is CCOc1nc(-c2ccccc2)c(C(=O)N(C)C)cc1[N+](=O)[O-]. The summed E-state index contributed by atoms with van der Waals surface area (Å²) in [6.07, 6.45) is 0. The molecule has 0 saturated carbocycles. The monoisotopic (exact) mass is 315 g/mol. The van der Waals surface area contributed by atoms with Gasteiger partial charge >= 0.3 is 5.69 Å². The number of hydrogen-bond donors (Lipinski definition) is 0. The Labute approximate surface area is 133 Å². The zero-order chi connectivity index (χ0) is 17.0. The normalized spacial score (nSPS) is 10.2. The molecule has 0 N–H and O–H groups in total. The summed E-state index contributed by atoms with van der Waals surface area (Å²) in [5, 5.41) is 11.2. The average Bonchev–Trinajstić information content (AvgIpc) is 2.54. The van der Waals surface area contributed by atoms with Crippen molar-refractivity contribution < 1.29 is 14.5 Å². The van der Waals surface area contributed by atoms with Gasteiger partial charge < -0.3 is 9.64 Å². The largest absolute Gasteiger partial charge is 0.473 e.